The average molecular weight is 1840 g/mol. The van der Waals surface area contributed by atoms with E-state index < -0.39 is 0 Å². The summed E-state index contributed by atoms with van der Waals surface area (Å²) in [6.45, 7) is 101. The van der Waals surface area contributed by atoms with Gasteiger partial charge >= 0.3 is 0 Å². The van der Waals surface area contributed by atoms with Gasteiger partial charge in [0.1, 0.15) is 0 Å². The summed E-state index contributed by atoms with van der Waals surface area (Å²) < 4.78 is 0. The molecule has 0 spiro atoms. The van der Waals surface area contributed by atoms with E-state index in [9.17, 15) is 38.4 Å². The molecule has 0 aromatic carbocycles. The minimum atomic E-state index is 0.129. The molecule has 2 N–H and O–H groups in total. The molecule has 12 rings (SSSR count). The first-order valence-corrected chi connectivity index (χ1v) is 50.8. The van der Waals surface area contributed by atoms with Crippen LogP contribution in [0.4, 0.5) is 0 Å². The van der Waals surface area contributed by atoms with Crippen LogP contribution in [0, 0.1) is 11.8 Å². The molecule has 0 bridgehead atoms. The molecule has 130 heavy (non-hydrogen) atoms. The molecule has 11 aliphatic heterocycles. The maximum Gasteiger partial charge on any atom is 0.236 e. The lowest BCUT2D eigenvalue weighted by molar-refractivity contribution is -0.139. The molecule has 30 nitrogen and oxygen atoms in total. The van der Waals surface area contributed by atoms with E-state index in [0.717, 1.165) is 300 Å². The van der Waals surface area contributed by atoms with Gasteiger partial charge in [0.25, 0.3) is 0 Å². The summed E-state index contributed by atoms with van der Waals surface area (Å²) in [7, 11) is 6.15. The fraction of sp³-hybridized carbons (Fsp3) is 0.920. The zero-order valence-corrected chi connectivity index (χ0v) is 89.1. The molecule has 11 saturated heterocycles. The van der Waals surface area contributed by atoms with Crippen LogP contribution in [-0.4, -0.2) is 505 Å². The lowest BCUT2D eigenvalue weighted by Crippen LogP contribution is -2.57. The summed E-state index contributed by atoms with van der Waals surface area (Å²) in [6.07, 6.45) is 6.57. The number of amides is 8. The van der Waals surface area contributed by atoms with Crippen molar-refractivity contribution >= 4 is 47.3 Å². The fourth-order valence-electron chi connectivity index (χ4n) is 18.3. The summed E-state index contributed by atoms with van der Waals surface area (Å²) in [5.74, 6) is 2.94. The van der Waals surface area contributed by atoms with Gasteiger partial charge in [0.15, 0.2) is 0 Å². The Morgan fingerprint density at radius 1 is 0.262 bits per heavy atom. The predicted octanol–water partition coefficient (Wildman–Crippen LogP) is 6.79. The molecule has 756 valence electrons. The van der Waals surface area contributed by atoms with Crippen LogP contribution in [0.1, 0.15) is 232 Å². The van der Waals surface area contributed by atoms with Gasteiger partial charge in [-0.15, -0.1) is 0 Å². The molecule has 1 saturated carbocycles. The van der Waals surface area contributed by atoms with Crippen LogP contribution in [-0.2, 0) is 38.4 Å². The van der Waals surface area contributed by atoms with Crippen LogP contribution in [0.25, 0.3) is 0 Å². The van der Waals surface area contributed by atoms with E-state index in [0.29, 0.717) is 66.9 Å². The number of piperidine rings is 1. The number of hydrogen-bond donors (Lipinski definition) is 2. The highest BCUT2D eigenvalue weighted by Crippen LogP contribution is 2.32. The predicted molar refractivity (Wildman–Crippen MR) is 534 cm³/mol. The van der Waals surface area contributed by atoms with Crippen molar-refractivity contribution in [1.29, 1.82) is 0 Å². The van der Waals surface area contributed by atoms with Crippen molar-refractivity contribution in [2.24, 2.45) is 11.8 Å². The smallest absolute Gasteiger partial charge is 0.236 e. The summed E-state index contributed by atoms with van der Waals surface area (Å²) in [6, 6.07) is 0. The second kappa shape index (κ2) is 53.8. The zero-order chi connectivity index (χ0) is 97.5. The van der Waals surface area contributed by atoms with Crippen molar-refractivity contribution in [3.8, 4) is 0 Å². The van der Waals surface area contributed by atoms with Crippen LogP contribution in [0.2, 0.25) is 0 Å². The maximum absolute atomic E-state index is 12.4. The Morgan fingerprint density at radius 2 is 0.477 bits per heavy atom. The Labute approximate surface area is 793 Å². The minimum absolute atomic E-state index is 0.129. The van der Waals surface area contributed by atoms with Gasteiger partial charge in [-0.05, 0) is 233 Å². The van der Waals surface area contributed by atoms with Crippen molar-refractivity contribution in [3.63, 3.8) is 0 Å². The van der Waals surface area contributed by atoms with Gasteiger partial charge in [0, 0.05) is 351 Å². The first kappa shape index (κ1) is 116. The second-order valence-corrected chi connectivity index (χ2v) is 46.7. The number of piperazine rings is 10. The van der Waals surface area contributed by atoms with E-state index in [1.807, 2.05) is 43.5 Å². The number of carbonyl (C=O) groups is 8. The van der Waals surface area contributed by atoms with Crippen molar-refractivity contribution in [2.45, 2.75) is 276 Å². The third kappa shape index (κ3) is 42.4. The topological polar surface area (TPSA) is 225 Å². The van der Waals surface area contributed by atoms with E-state index in [1.54, 1.807) is 13.8 Å². The van der Waals surface area contributed by atoms with Crippen molar-refractivity contribution in [2.75, 3.05) is 316 Å². The molecular formula is C100H198N22O8. The third-order valence-corrected chi connectivity index (χ3v) is 28.1. The number of rotatable bonds is 11. The van der Waals surface area contributed by atoms with E-state index in [-0.39, 0.29) is 62.4 Å². The lowest BCUT2D eigenvalue weighted by atomic mass is 9.96. The van der Waals surface area contributed by atoms with Crippen molar-refractivity contribution < 1.29 is 38.4 Å². The first-order valence-electron chi connectivity index (χ1n) is 50.8. The number of likely N-dealkylation sites (N-methyl/N-ethyl adjacent to an activating group) is 1. The molecule has 0 aromatic heterocycles. The highest BCUT2D eigenvalue weighted by atomic mass is 16.2. The molecular weight excluding hydrogens is 1640 g/mol. The van der Waals surface area contributed by atoms with Crippen LogP contribution in [0.15, 0.2) is 0 Å². The standard InChI is InChI=1S/C16H30N4O2.C15H30N4O.C14H27N3O.C13H27N3O.C12H22N2O.C12H24N2O.C10H20N2O.C8H18N2/c1-14(21)18-7-5-17(6-8-18)13-15(22)19-9-11-20(12-10-19)16(2,3)4;1-15(2,3)19-11-9-18(10-12-19)14(20)13-17-7-5-16(4)6-8-17;1-14(2,3)17-10-8-16(9-11-17)13(18)12-4-6-15-7-5-12;1-13(2,3)16-10-8-15(9-11-16)12(17)6-7-14(4)5;1-12(2,3)14-8-6-13(7-9-14)11(15)10-4-5-10;1-5-6-11(15)13-7-9-14(10-8-13)12(2,3)4;1-9(13)11-5-7-12(8-6-11)10(2,3)4;1-8(2,3)10-6-4-9-5-7-10/h5-13H2,1-4H3;5-13H2,1-4H3;12,15H,4-11H2,1-3H3;6-11H2,1-5H3;10H,4-9H2,1-3H3;5-10H2,1-4H3;5-8H2,1-4H3;9H,4-7H2,1-3H3. The van der Waals surface area contributed by atoms with E-state index in [2.05, 4.69) is 259 Å². The van der Waals surface area contributed by atoms with Crippen molar-refractivity contribution in [1.82, 2.24) is 109 Å². The summed E-state index contributed by atoms with van der Waals surface area (Å²) in [4.78, 5) is 139. The number of nitrogens with one attached hydrogen (secondary N) is 2. The normalized spacial score (nSPS) is 22.1. The summed E-state index contributed by atoms with van der Waals surface area (Å²) >= 11 is 0. The Kier molecular flexibility index (Phi) is 47.9. The summed E-state index contributed by atoms with van der Waals surface area (Å²) in [5, 5.41) is 6.67. The van der Waals surface area contributed by atoms with Gasteiger partial charge in [-0.1, -0.05) is 6.92 Å². The summed E-state index contributed by atoms with van der Waals surface area (Å²) in [5.41, 5.74) is 1.92. The molecule has 12 aliphatic rings. The molecule has 0 aromatic rings. The van der Waals surface area contributed by atoms with E-state index >= 15 is 0 Å². The monoisotopic (exact) mass is 1840 g/mol. The van der Waals surface area contributed by atoms with Gasteiger partial charge in [0.05, 0.1) is 13.1 Å². The number of nitrogens with zero attached hydrogens (tertiary/aromatic N) is 20. The molecule has 8 amide bonds. The lowest BCUT2D eigenvalue weighted by Gasteiger charge is -2.43. The van der Waals surface area contributed by atoms with Gasteiger partial charge in [0.2, 0.25) is 47.3 Å². The Morgan fingerprint density at radius 3 is 0.715 bits per heavy atom. The highest BCUT2D eigenvalue weighted by molar-refractivity contribution is 5.82. The minimum Gasteiger partial charge on any atom is -0.340 e. The molecule has 30 heteroatoms. The molecule has 11 heterocycles. The van der Waals surface area contributed by atoms with Gasteiger partial charge in [-0.2, -0.15) is 0 Å². The van der Waals surface area contributed by atoms with Crippen molar-refractivity contribution in [3.05, 3.63) is 0 Å². The van der Waals surface area contributed by atoms with Crippen LogP contribution < -0.4 is 10.6 Å². The SMILES string of the molecule is CC(=O)N1CCN(C(C)(C)C)CC1.CC(=O)N1CCN(CC(=O)N2CCN(C(C)(C)C)CC2)CC1.CC(C)(C)N1CCN(C(=O)C2CC2)CC1.CC(C)(C)N1CCN(C(=O)C2CCNCC2)CC1.CC(C)(C)N1CCNCC1.CCCC(=O)N1CCN(C(C)(C)C)CC1.CN(C)CCC(=O)N1CCN(C(C)(C)C)CC1.CN1CCN(CC(=O)N2CCN(C(C)(C)C)CC2)CC1. The Bertz CT molecular complexity index is 3280. The quantitative estimate of drug-likeness (QED) is 0.217. The largest absolute Gasteiger partial charge is 0.340 e. The molecule has 1 aliphatic carbocycles. The molecule has 0 atom stereocenters. The number of carbonyl (C=O) groups excluding carboxylic acids is 8. The van der Waals surface area contributed by atoms with E-state index in [4.69, 9.17) is 0 Å². The second-order valence-electron chi connectivity index (χ2n) is 46.7. The molecule has 0 radical (unpaired) electrons. The van der Waals surface area contributed by atoms with Crippen LogP contribution >= 0.6 is 0 Å². The highest BCUT2D eigenvalue weighted by Gasteiger charge is 2.39. The van der Waals surface area contributed by atoms with E-state index in [1.165, 1.54) is 13.1 Å². The number of hydrogen-bond acceptors (Lipinski definition) is 22. The van der Waals surface area contributed by atoms with Gasteiger partial charge in [-0.25, -0.2) is 0 Å². The third-order valence-electron chi connectivity index (χ3n) is 28.1. The zero-order valence-electron chi connectivity index (χ0n) is 89.1. The first-order chi connectivity index (χ1) is 60.4. The molecule has 12 fully saturated rings. The van der Waals surface area contributed by atoms with Gasteiger partial charge < -0.3 is 59.6 Å². The Hall–Kier alpha value is -4.80. The molecule has 0 unspecified atom stereocenters. The fourth-order valence-corrected chi connectivity index (χ4v) is 18.3. The Balaban J connectivity index is 0.000000265. The average Bonchev–Trinajstić information content (AvgIpc) is 1.72. The van der Waals surface area contributed by atoms with Crippen LogP contribution in [0.3, 0.4) is 0 Å². The maximum atomic E-state index is 12.4. The van der Waals surface area contributed by atoms with Crippen LogP contribution in [0.5, 0.6) is 0 Å². The van der Waals surface area contributed by atoms with Gasteiger partial charge in [-0.3, -0.25) is 87.4 Å².